The van der Waals surface area contributed by atoms with Crippen molar-refractivity contribution >= 4 is 17.3 Å². The zero-order valence-electron chi connectivity index (χ0n) is 10.3. The number of piperazine rings is 1. The first-order valence-electron chi connectivity index (χ1n) is 5.89. The summed E-state index contributed by atoms with van der Waals surface area (Å²) in [5.41, 5.74) is 1.11. The number of hydrogen-bond acceptors (Lipinski definition) is 3. The fourth-order valence-corrected chi connectivity index (χ4v) is 2.61. The van der Waals surface area contributed by atoms with E-state index in [2.05, 4.69) is 30.1 Å². The van der Waals surface area contributed by atoms with Crippen LogP contribution in [0.15, 0.2) is 24.3 Å². The summed E-state index contributed by atoms with van der Waals surface area (Å²) in [6, 6.07) is 7.97. The zero-order chi connectivity index (χ0) is 12.5. The Hall–Kier alpha value is -0.770. The van der Waals surface area contributed by atoms with Gasteiger partial charge in [0.05, 0.1) is 6.61 Å². The number of nitrogens with zero attached hydrogens (tertiary/aromatic N) is 1. The maximum absolute atomic E-state index is 9.33. The largest absolute Gasteiger partial charge is 0.395 e. The van der Waals surface area contributed by atoms with Crippen LogP contribution >= 0.6 is 11.6 Å². The van der Waals surface area contributed by atoms with Gasteiger partial charge in [-0.15, -0.1) is 0 Å². The van der Waals surface area contributed by atoms with E-state index in [4.69, 9.17) is 11.6 Å². The molecule has 17 heavy (non-hydrogen) atoms. The molecule has 0 radical (unpaired) electrons. The average molecular weight is 255 g/mol. The molecule has 1 fully saturated rings. The standard InChI is InChI=1S/C13H19ClN2O/c1-13(2)9-16(7-11(8-17)15-13)12-5-3-4-10(14)6-12/h3-6,11,15,17H,7-9H2,1-2H3. The molecule has 1 saturated heterocycles. The fraction of sp³-hybridized carbons (Fsp3) is 0.538. The minimum atomic E-state index is -0.00599. The molecule has 1 aliphatic rings. The highest BCUT2D eigenvalue weighted by Crippen LogP contribution is 2.24. The summed E-state index contributed by atoms with van der Waals surface area (Å²) in [5, 5.41) is 13.5. The average Bonchev–Trinajstić information content (AvgIpc) is 2.27. The van der Waals surface area contributed by atoms with Crippen LogP contribution in [0.1, 0.15) is 13.8 Å². The van der Waals surface area contributed by atoms with Crippen LogP contribution in [0.3, 0.4) is 0 Å². The lowest BCUT2D eigenvalue weighted by atomic mass is 9.98. The topological polar surface area (TPSA) is 35.5 Å². The van der Waals surface area contributed by atoms with E-state index in [-0.39, 0.29) is 18.2 Å². The van der Waals surface area contributed by atoms with E-state index in [0.29, 0.717) is 0 Å². The number of aliphatic hydroxyl groups excluding tert-OH is 1. The lowest BCUT2D eigenvalue weighted by Gasteiger charge is -2.44. The van der Waals surface area contributed by atoms with Gasteiger partial charge in [-0.05, 0) is 32.0 Å². The number of hydrogen-bond donors (Lipinski definition) is 2. The molecule has 0 saturated carbocycles. The van der Waals surface area contributed by atoms with Crippen molar-refractivity contribution in [2.75, 3.05) is 24.6 Å². The molecule has 94 valence electrons. The molecular weight excluding hydrogens is 236 g/mol. The van der Waals surface area contributed by atoms with Gasteiger partial charge in [0.25, 0.3) is 0 Å². The normalized spacial score (nSPS) is 23.8. The van der Waals surface area contributed by atoms with Gasteiger partial charge in [0, 0.05) is 35.4 Å². The van der Waals surface area contributed by atoms with Crippen LogP contribution in [0.25, 0.3) is 0 Å². The first-order valence-corrected chi connectivity index (χ1v) is 6.27. The summed E-state index contributed by atoms with van der Waals surface area (Å²) in [5.74, 6) is 0. The van der Waals surface area contributed by atoms with Gasteiger partial charge >= 0.3 is 0 Å². The van der Waals surface area contributed by atoms with Crippen molar-refractivity contribution in [1.29, 1.82) is 0 Å². The summed E-state index contributed by atoms with van der Waals surface area (Å²) >= 11 is 6.01. The number of halogens is 1. The van der Waals surface area contributed by atoms with Crippen molar-refractivity contribution in [2.45, 2.75) is 25.4 Å². The van der Waals surface area contributed by atoms with Gasteiger partial charge in [0.15, 0.2) is 0 Å². The maximum Gasteiger partial charge on any atom is 0.0602 e. The molecule has 0 amide bonds. The summed E-state index contributed by atoms with van der Waals surface area (Å²) in [4.78, 5) is 2.27. The minimum absolute atomic E-state index is 0.00599. The SMILES string of the molecule is CC1(C)CN(c2cccc(Cl)c2)CC(CO)N1. The molecule has 3 nitrogen and oxygen atoms in total. The van der Waals surface area contributed by atoms with Crippen LogP contribution in [0.5, 0.6) is 0 Å². The Labute approximate surface area is 107 Å². The quantitative estimate of drug-likeness (QED) is 0.846. The highest BCUT2D eigenvalue weighted by atomic mass is 35.5. The smallest absolute Gasteiger partial charge is 0.0602 e. The minimum Gasteiger partial charge on any atom is -0.395 e. The van der Waals surface area contributed by atoms with Crippen molar-refractivity contribution in [3.05, 3.63) is 29.3 Å². The summed E-state index contributed by atoms with van der Waals surface area (Å²) in [6.07, 6.45) is 0. The molecular formula is C13H19ClN2O. The Morgan fingerprint density at radius 1 is 1.53 bits per heavy atom. The van der Waals surface area contributed by atoms with Gasteiger partial charge in [-0.25, -0.2) is 0 Å². The van der Waals surface area contributed by atoms with Crippen LogP contribution in [0.2, 0.25) is 5.02 Å². The van der Waals surface area contributed by atoms with E-state index in [9.17, 15) is 5.11 Å². The molecule has 0 spiro atoms. The maximum atomic E-state index is 9.33. The van der Waals surface area contributed by atoms with E-state index in [0.717, 1.165) is 23.8 Å². The molecule has 1 aromatic rings. The van der Waals surface area contributed by atoms with Crippen molar-refractivity contribution in [1.82, 2.24) is 5.32 Å². The second kappa shape index (κ2) is 4.84. The Bertz CT molecular complexity index is 395. The molecule has 2 rings (SSSR count). The Morgan fingerprint density at radius 3 is 2.94 bits per heavy atom. The lowest BCUT2D eigenvalue weighted by Crippen LogP contribution is -2.63. The molecule has 0 bridgehead atoms. The predicted molar refractivity (Wildman–Crippen MR) is 71.8 cm³/mol. The Kier molecular flexibility index (Phi) is 3.61. The second-order valence-corrected chi connectivity index (χ2v) is 5.70. The highest BCUT2D eigenvalue weighted by molar-refractivity contribution is 6.30. The Balaban J connectivity index is 2.20. The van der Waals surface area contributed by atoms with E-state index >= 15 is 0 Å². The van der Waals surface area contributed by atoms with Crippen molar-refractivity contribution < 1.29 is 5.11 Å². The molecule has 2 N–H and O–H groups in total. The molecule has 4 heteroatoms. The molecule has 1 aromatic carbocycles. The monoisotopic (exact) mass is 254 g/mol. The second-order valence-electron chi connectivity index (χ2n) is 5.27. The van der Waals surface area contributed by atoms with Crippen LogP contribution in [0, 0.1) is 0 Å². The molecule has 1 heterocycles. The van der Waals surface area contributed by atoms with E-state index in [1.54, 1.807) is 0 Å². The third-order valence-electron chi connectivity index (χ3n) is 3.02. The van der Waals surface area contributed by atoms with E-state index in [1.165, 1.54) is 0 Å². The fourth-order valence-electron chi connectivity index (χ4n) is 2.42. The first-order chi connectivity index (χ1) is 8.00. The highest BCUT2D eigenvalue weighted by Gasteiger charge is 2.31. The molecule has 0 aromatic heterocycles. The number of aliphatic hydroxyl groups is 1. The third kappa shape index (κ3) is 3.12. The van der Waals surface area contributed by atoms with Gasteiger partial charge in [0.2, 0.25) is 0 Å². The predicted octanol–water partition coefficient (Wildman–Crippen LogP) is 1.89. The van der Waals surface area contributed by atoms with Crippen LogP contribution in [0.4, 0.5) is 5.69 Å². The first kappa shape index (κ1) is 12.7. The van der Waals surface area contributed by atoms with Crippen molar-refractivity contribution in [3.63, 3.8) is 0 Å². The van der Waals surface area contributed by atoms with Gasteiger partial charge in [0.1, 0.15) is 0 Å². The van der Waals surface area contributed by atoms with Crippen molar-refractivity contribution in [3.8, 4) is 0 Å². The number of nitrogens with one attached hydrogen (secondary N) is 1. The molecule has 1 unspecified atom stereocenters. The summed E-state index contributed by atoms with van der Waals surface area (Å²) < 4.78 is 0. The van der Waals surface area contributed by atoms with Gasteiger partial charge in [-0.1, -0.05) is 17.7 Å². The van der Waals surface area contributed by atoms with Gasteiger partial charge < -0.3 is 15.3 Å². The zero-order valence-corrected chi connectivity index (χ0v) is 11.0. The van der Waals surface area contributed by atoms with Crippen molar-refractivity contribution in [2.24, 2.45) is 0 Å². The van der Waals surface area contributed by atoms with Crippen LogP contribution in [-0.2, 0) is 0 Å². The van der Waals surface area contributed by atoms with E-state index in [1.807, 2.05) is 18.2 Å². The van der Waals surface area contributed by atoms with E-state index < -0.39 is 0 Å². The summed E-state index contributed by atoms with van der Waals surface area (Å²) in [6.45, 7) is 6.16. The number of anilines is 1. The summed E-state index contributed by atoms with van der Waals surface area (Å²) in [7, 11) is 0. The molecule has 1 aliphatic heterocycles. The lowest BCUT2D eigenvalue weighted by molar-refractivity contribution is 0.191. The molecule has 0 aliphatic carbocycles. The van der Waals surface area contributed by atoms with Crippen LogP contribution in [-0.4, -0.2) is 36.4 Å². The van der Waals surface area contributed by atoms with Gasteiger partial charge in [-0.2, -0.15) is 0 Å². The van der Waals surface area contributed by atoms with Gasteiger partial charge in [-0.3, -0.25) is 0 Å². The van der Waals surface area contributed by atoms with Crippen LogP contribution < -0.4 is 10.2 Å². The third-order valence-corrected chi connectivity index (χ3v) is 3.25. The Morgan fingerprint density at radius 2 is 2.29 bits per heavy atom. The number of rotatable bonds is 2. The number of benzene rings is 1. The molecule has 1 atom stereocenters.